The molecule has 4 heterocycles. The third kappa shape index (κ3) is 3.51. The summed E-state index contributed by atoms with van der Waals surface area (Å²) in [7, 11) is 0. The minimum Gasteiger partial charge on any atom is -0.346 e. The van der Waals surface area contributed by atoms with Crippen LogP contribution in [0, 0.1) is 5.92 Å². The lowest BCUT2D eigenvalue weighted by Gasteiger charge is -2.56. The number of hydrogen-bond acceptors (Lipinski definition) is 3. The summed E-state index contributed by atoms with van der Waals surface area (Å²) in [5.41, 5.74) is -1.03. The molecule has 1 atom stereocenters. The zero-order valence-corrected chi connectivity index (χ0v) is 17.8. The third-order valence-electron chi connectivity index (χ3n) is 6.02. The van der Waals surface area contributed by atoms with Gasteiger partial charge in [0.25, 0.3) is 5.91 Å². The van der Waals surface area contributed by atoms with Gasteiger partial charge in [-0.15, -0.1) is 23.7 Å². The SMILES string of the molecule is CC1(C)[C@H](NC(=O)c2cc3ccc(Cl)c(C(F)(F)F)c3s2)C2CCN1CC2.Cl. The van der Waals surface area contributed by atoms with Gasteiger partial charge in [0.05, 0.1) is 15.5 Å². The molecule has 0 spiro atoms. The summed E-state index contributed by atoms with van der Waals surface area (Å²) in [6.07, 6.45) is -2.49. The molecule has 154 valence electrons. The number of halogens is 5. The number of piperidine rings is 3. The smallest absolute Gasteiger partial charge is 0.346 e. The fourth-order valence-corrected chi connectivity index (χ4v) is 6.00. The van der Waals surface area contributed by atoms with E-state index < -0.39 is 11.7 Å². The second-order valence-electron chi connectivity index (χ2n) is 7.88. The Morgan fingerprint density at radius 1 is 1.29 bits per heavy atom. The second kappa shape index (κ2) is 7.35. The van der Waals surface area contributed by atoms with Crippen molar-refractivity contribution < 1.29 is 18.0 Å². The molecule has 3 aliphatic rings. The fourth-order valence-electron chi connectivity index (χ4n) is 4.54. The molecule has 0 saturated carbocycles. The van der Waals surface area contributed by atoms with Crippen LogP contribution in [0.1, 0.15) is 41.9 Å². The predicted octanol–water partition coefficient (Wildman–Crippen LogP) is 5.60. The molecule has 0 unspecified atom stereocenters. The van der Waals surface area contributed by atoms with E-state index in [4.69, 9.17) is 11.6 Å². The number of hydrogen-bond donors (Lipinski definition) is 1. The summed E-state index contributed by atoms with van der Waals surface area (Å²) in [5, 5.41) is 3.15. The first-order chi connectivity index (χ1) is 12.6. The van der Waals surface area contributed by atoms with Gasteiger partial charge in [-0.2, -0.15) is 13.2 Å². The Bertz CT molecular complexity index is 904. The summed E-state index contributed by atoms with van der Waals surface area (Å²) >= 11 is 6.64. The van der Waals surface area contributed by atoms with E-state index in [0.29, 0.717) is 11.3 Å². The minimum atomic E-state index is -4.56. The molecule has 0 radical (unpaired) electrons. The lowest BCUT2D eigenvalue weighted by atomic mass is 9.72. The van der Waals surface area contributed by atoms with Gasteiger partial charge in [-0.05, 0) is 63.2 Å². The molecule has 1 amide bonds. The molecule has 9 heteroatoms. The topological polar surface area (TPSA) is 32.3 Å². The van der Waals surface area contributed by atoms with Crippen molar-refractivity contribution >= 4 is 51.3 Å². The molecule has 5 rings (SSSR count). The maximum absolute atomic E-state index is 13.4. The Labute approximate surface area is 176 Å². The van der Waals surface area contributed by atoms with Crippen LogP contribution in [-0.4, -0.2) is 35.5 Å². The Morgan fingerprint density at radius 3 is 2.50 bits per heavy atom. The highest BCUT2D eigenvalue weighted by Crippen LogP contribution is 2.43. The van der Waals surface area contributed by atoms with E-state index in [9.17, 15) is 18.0 Å². The number of nitrogens with one attached hydrogen (secondary N) is 1. The summed E-state index contributed by atoms with van der Waals surface area (Å²) in [6, 6.07) is 4.27. The zero-order valence-electron chi connectivity index (χ0n) is 15.4. The fraction of sp³-hybridized carbons (Fsp3) is 0.526. The number of amides is 1. The maximum atomic E-state index is 13.4. The molecule has 3 fully saturated rings. The Balaban J connectivity index is 0.00000225. The molecular formula is C19H21Cl2F3N2OS. The lowest BCUT2D eigenvalue weighted by Crippen LogP contribution is -2.69. The van der Waals surface area contributed by atoms with E-state index in [-0.39, 0.29) is 44.5 Å². The highest BCUT2D eigenvalue weighted by atomic mass is 35.5. The van der Waals surface area contributed by atoms with Crippen LogP contribution in [0.5, 0.6) is 0 Å². The normalized spacial score (nSPS) is 26.1. The number of thiophene rings is 1. The molecular weight excluding hydrogens is 432 g/mol. The highest BCUT2D eigenvalue weighted by molar-refractivity contribution is 7.21. The van der Waals surface area contributed by atoms with Gasteiger partial charge in [-0.1, -0.05) is 17.7 Å². The van der Waals surface area contributed by atoms with Gasteiger partial charge in [0.15, 0.2) is 0 Å². The van der Waals surface area contributed by atoms with Gasteiger partial charge in [0.2, 0.25) is 0 Å². The van der Waals surface area contributed by atoms with Crippen molar-refractivity contribution in [3.05, 3.63) is 33.7 Å². The second-order valence-corrected chi connectivity index (χ2v) is 9.34. The third-order valence-corrected chi connectivity index (χ3v) is 7.50. The van der Waals surface area contributed by atoms with Gasteiger partial charge in [0, 0.05) is 16.3 Å². The van der Waals surface area contributed by atoms with E-state index in [1.54, 1.807) is 0 Å². The van der Waals surface area contributed by atoms with Crippen LogP contribution in [0.2, 0.25) is 5.02 Å². The van der Waals surface area contributed by atoms with E-state index >= 15 is 0 Å². The summed E-state index contributed by atoms with van der Waals surface area (Å²) in [4.78, 5) is 15.5. The highest BCUT2D eigenvalue weighted by Gasteiger charge is 2.48. The molecule has 1 aromatic heterocycles. The van der Waals surface area contributed by atoms with Gasteiger partial charge in [0.1, 0.15) is 0 Å². The van der Waals surface area contributed by atoms with Crippen molar-refractivity contribution in [2.75, 3.05) is 13.1 Å². The molecule has 1 N–H and O–H groups in total. The van der Waals surface area contributed by atoms with Crippen LogP contribution in [-0.2, 0) is 6.18 Å². The van der Waals surface area contributed by atoms with Crippen molar-refractivity contribution in [1.29, 1.82) is 0 Å². The molecule has 28 heavy (non-hydrogen) atoms. The largest absolute Gasteiger partial charge is 0.419 e. The van der Waals surface area contributed by atoms with Crippen molar-refractivity contribution in [3.8, 4) is 0 Å². The Kier molecular flexibility index (Phi) is 5.69. The number of carbonyl (C=O) groups is 1. The van der Waals surface area contributed by atoms with Crippen LogP contribution in [0.25, 0.3) is 10.1 Å². The quantitative estimate of drug-likeness (QED) is 0.643. The van der Waals surface area contributed by atoms with Crippen molar-refractivity contribution in [2.24, 2.45) is 5.92 Å². The van der Waals surface area contributed by atoms with E-state index in [2.05, 4.69) is 24.1 Å². The van der Waals surface area contributed by atoms with E-state index in [1.165, 1.54) is 18.2 Å². The van der Waals surface area contributed by atoms with Gasteiger partial charge in [-0.25, -0.2) is 0 Å². The van der Waals surface area contributed by atoms with Crippen LogP contribution >= 0.6 is 35.3 Å². The number of carbonyl (C=O) groups excluding carboxylic acids is 1. The monoisotopic (exact) mass is 452 g/mol. The van der Waals surface area contributed by atoms with Crippen molar-refractivity contribution in [3.63, 3.8) is 0 Å². The maximum Gasteiger partial charge on any atom is 0.419 e. The Hall–Kier alpha value is -1.02. The van der Waals surface area contributed by atoms with Crippen LogP contribution < -0.4 is 5.32 Å². The van der Waals surface area contributed by atoms with Crippen LogP contribution in [0.3, 0.4) is 0 Å². The molecule has 2 bridgehead atoms. The van der Waals surface area contributed by atoms with Crippen molar-refractivity contribution in [2.45, 2.75) is 44.4 Å². The molecule has 3 saturated heterocycles. The van der Waals surface area contributed by atoms with Crippen LogP contribution in [0.15, 0.2) is 18.2 Å². The summed E-state index contributed by atoms with van der Waals surface area (Å²) in [6.45, 7) is 6.30. The van der Waals surface area contributed by atoms with E-state index in [1.807, 2.05) is 0 Å². The number of rotatable bonds is 2. The lowest BCUT2D eigenvalue weighted by molar-refractivity contribution is -0.136. The van der Waals surface area contributed by atoms with Crippen molar-refractivity contribution in [1.82, 2.24) is 10.2 Å². The number of alkyl halides is 3. The van der Waals surface area contributed by atoms with Crippen LogP contribution in [0.4, 0.5) is 13.2 Å². The average Bonchev–Trinajstić information content (AvgIpc) is 3.01. The number of nitrogens with zero attached hydrogens (tertiary/aromatic N) is 1. The van der Waals surface area contributed by atoms with E-state index in [0.717, 1.165) is 37.3 Å². The molecule has 3 nitrogen and oxygen atoms in total. The number of benzene rings is 1. The minimum absolute atomic E-state index is 0. The standard InChI is InChI=1S/C19H20ClF3N2OS.ClH/c1-18(2)16(10-5-7-25(18)8-6-10)24-17(26)13-9-11-3-4-12(20)14(15(11)27-13)19(21,22)23;/h3-4,9-10,16H,5-8H2,1-2H3,(H,24,26);1H/t16-;/m1./s1. The predicted molar refractivity (Wildman–Crippen MR) is 109 cm³/mol. The first-order valence-electron chi connectivity index (χ1n) is 8.94. The molecule has 0 aliphatic carbocycles. The summed E-state index contributed by atoms with van der Waals surface area (Å²) < 4.78 is 40.2. The zero-order chi connectivity index (χ0) is 19.6. The molecule has 2 aromatic rings. The van der Waals surface area contributed by atoms with Gasteiger partial charge < -0.3 is 5.32 Å². The average molecular weight is 453 g/mol. The van der Waals surface area contributed by atoms with Gasteiger partial charge >= 0.3 is 6.18 Å². The number of fused-ring (bicyclic) bond motifs is 4. The molecule has 3 aliphatic heterocycles. The first-order valence-corrected chi connectivity index (χ1v) is 10.1. The Morgan fingerprint density at radius 2 is 1.93 bits per heavy atom. The molecule has 1 aromatic carbocycles. The first kappa shape index (κ1) is 21.7. The van der Waals surface area contributed by atoms with Gasteiger partial charge in [-0.3, -0.25) is 9.69 Å². The summed E-state index contributed by atoms with van der Waals surface area (Å²) in [5.74, 6) is 0.0933.